The van der Waals surface area contributed by atoms with Crippen molar-refractivity contribution < 1.29 is 9.84 Å². The Labute approximate surface area is 180 Å². The summed E-state index contributed by atoms with van der Waals surface area (Å²) in [7, 11) is 0. The fourth-order valence-corrected chi connectivity index (χ4v) is 6.26. The molecule has 2 aromatic rings. The van der Waals surface area contributed by atoms with Crippen LogP contribution in [0.25, 0.3) is 0 Å². The van der Waals surface area contributed by atoms with Gasteiger partial charge in [-0.1, -0.05) is 43.2 Å². The number of benzene rings is 1. The quantitative estimate of drug-likeness (QED) is 0.734. The summed E-state index contributed by atoms with van der Waals surface area (Å²) in [4.78, 5) is 4.82. The summed E-state index contributed by atoms with van der Waals surface area (Å²) in [5, 5.41) is 14.2. The topological polar surface area (TPSA) is 54.4 Å². The van der Waals surface area contributed by atoms with Crippen molar-refractivity contribution in [2.24, 2.45) is 0 Å². The van der Waals surface area contributed by atoms with Crippen LogP contribution in [0.2, 0.25) is 0 Å². The van der Waals surface area contributed by atoms with Crippen LogP contribution in [0.4, 0.5) is 0 Å². The molecule has 3 aliphatic rings. The van der Waals surface area contributed by atoms with Crippen LogP contribution < -0.4 is 5.32 Å². The summed E-state index contributed by atoms with van der Waals surface area (Å²) < 4.78 is 6.38. The second-order valence-electron chi connectivity index (χ2n) is 9.64. The van der Waals surface area contributed by atoms with E-state index in [0.717, 1.165) is 50.8 Å². The van der Waals surface area contributed by atoms with E-state index in [2.05, 4.69) is 35.6 Å². The molecule has 2 aliphatic carbocycles. The van der Waals surface area contributed by atoms with Crippen molar-refractivity contribution in [2.45, 2.75) is 80.9 Å². The molecular weight excluding hydrogens is 372 g/mol. The SMILES string of the molecule is O[C@@H]1CC[C@H](NCCC2(c3ccccn3)CCOC3(CCCC3)C2)c2ccccc21. The van der Waals surface area contributed by atoms with Gasteiger partial charge in [-0.3, -0.25) is 4.98 Å². The molecule has 2 fully saturated rings. The summed E-state index contributed by atoms with van der Waals surface area (Å²) in [6, 6.07) is 15.1. The molecule has 5 rings (SSSR count). The molecule has 30 heavy (non-hydrogen) atoms. The van der Waals surface area contributed by atoms with Crippen LogP contribution >= 0.6 is 0 Å². The summed E-state index contributed by atoms with van der Waals surface area (Å²) in [6.07, 6.45) is 11.6. The van der Waals surface area contributed by atoms with Gasteiger partial charge in [-0.05, 0) is 74.8 Å². The molecule has 1 saturated heterocycles. The van der Waals surface area contributed by atoms with Gasteiger partial charge < -0.3 is 15.2 Å². The highest BCUT2D eigenvalue weighted by molar-refractivity contribution is 5.34. The fourth-order valence-electron chi connectivity index (χ4n) is 6.26. The number of ether oxygens (including phenoxy) is 1. The first-order valence-corrected chi connectivity index (χ1v) is 11.8. The zero-order chi connectivity index (χ0) is 20.4. The Morgan fingerprint density at radius 2 is 1.80 bits per heavy atom. The highest BCUT2D eigenvalue weighted by Gasteiger charge is 2.48. The molecule has 0 bridgehead atoms. The molecule has 3 atom stereocenters. The number of rotatable bonds is 5. The number of pyridine rings is 1. The highest BCUT2D eigenvalue weighted by atomic mass is 16.5. The predicted octanol–water partition coefficient (Wildman–Crippen LogP) is 4.99. The lowest BCUT2D eigenvalue weighted by Gasteiger charge is -2.46. The normalized spacial score (nSPS) is 30.3. The Morgan fingerprint density at radius 3 is 2.60 bits per heavy atom. The molecule has 0 radical (unpaired) electrons. The van der Waals surface area contributed by atoms with Crippen LogP contribution in [0, 0.1) is 0 Å². The molecule has 1 aromatic carbocycles. The average Bonchev–Trinajstić information content (AvgIpc) is 3.23. The third-order valence-electron chi connectivity index (χ3n) is 7.83. The van der Waals surface area contributed by atoms with Gasteiger partial charge in [0.1, 0.15) is 0 Å². The summed E-state index contributed by atoms with van der Waals surface area (Å²) in [5.41, 5.74) is 3.75. The van der Waals surface area contributed by atoms with E-state index >= 15 is 0 Å². The summed E-state index contributed by atoms with van der Waals surface area (Å²) in [5.74, 6) is 0. The van der Waals surface area contributed by atoms with E-state index in [9.17, 15) is 5.11 Å². The van der Waals surface area contributed by atoms with Gasteiger partial charge in [-0.25, -0.2) is 0 Å². The first-order chi connectivity index (χ1) is 14.7. The lowest BCUT2D eigenvalue weighted by Crippen LogP contribution is -2.47. The zero-order valence-electron chi connectivity index (χ0n) is 17.9. The maximum Gasteiger partial charge on any atom is 0.0794 e. The second-order valence-corrected chi connectivity index (χ2v) is 9.64. The van der Waals surface area contributed by atoms with Gasteiger partial charge in [0.05, 0.1) is 11.7 Å². The molecule has 1 aliphatic heterocycles. The van der Waals surface area contributed by atoms with Crippen LogP contribution in [0.15, 0.2) is 48.7 Å². The molecule has 160 valence electrons. The number of aliphatic hydroxyl groups excluding tert-OH is 1. The van der Waals surface area contributed by atoms with Crippen LogP contribution in [0.3, 0.4) is 0 Å². The smallest absolute Gasteiger partial charge is 0.0794 e. The Balaban J connectivity index is 1.34. The number of fused-ring (bicyclic) bond motifs is 1. The van der Waals surface area contributed by atoms with Crippen molar-refractivity contribution in [3.05, 3.63) is 65.5 Å². The maximum atomic E-state index is 10.4. The van der Waals surface area contributed by atoms with E-state index in [4.69, 9.17) is 9.72 Å². The lowest BCUT2D eigenvalue weighted by atomic mass is 9.68. The van der Waals surface area contributed by atoms with Crippen molar-refractivity contribution in [3.8, 4) is 0 Å². The lowest BCUT2D eigenvalue weighted by molar-refractivity contribution is -0.104. The van der Waals surface area contributed by atoms with Crippen LogP contribution in [0.5, 0.6) is 0 Å². The average molecular weight is 407 g/mol. The van der Waals surface area contributed by atoms with E-state index in [1.54, 1.807) is 0 Å². The number of hydrogen-bond donors (Lipinski definition) is 2. The van der Waals surface area contributed by atoms with E-state index in [0.29, 0.717) is 6.04 Å². The second kappa shape index (κ2) is 8.41. The van der Waals surface area contributed by atoms with E-state index < -0.39 is 0 Å². The van der Waals surface area contributed by atoms with Crippen molar-refractivity contribution in [2.75, 3.05) is 13.2 Å². The molecular formula is C26H34N2O2. The van der Waals surface area contributed by atoms with Crippen LogP contribution in [-0.4, -0.2) is 28.8 Å². The Hall–Kier alpha value is -1.75. The molecule has 1 spiro atoms. The first-order valence-electron chi connectivity index (χ1n) is 11.8. The van der Waals surface area contributed by atoms with Crippen molar-refractivity contribution >= 4 is 0 Å². The number of aliphatic hydroxyl groups is 1. The minimum atomic E-state index is -0.322. The molecule has 2 heterocycles. The molecule has 2 N–H and O–H groups in total. The Morgan fingerprint density at radius 1 is 1.00 bits per heavy atom. The molecule has 1 unspecified atom stereocenters. The van der Waals surface area contributed by atoms with Gasteiger partial charge in [-0.2, -0.15) is 0 Å². The first kappa shape index (κ1) is 20.2. The number of nitrogens with zero attached hydrogens (tertiary/aromatic N) is 1. The predicted molar refractivity (Wildman–Crippen MR) is 118 cm³/mol. The molecule has 1 saturated carbocycles. The third-order valence-corrected chi connectivity index (χ3v) is 7.83. The monoisotopic (exact) mass is 406 g/mol. The van der Waals surface area contributed by atoms with Gasteiger partial charge in [0.15, 0.2) is 0 Å². The Bertz CT molecular complexity index is 849. The van der Waals surface area contributed by atoms with Gasteiger partial charge in [0.25, 0.3) is 0 Å². The van der Waals surface area contributed by atoms with Crippen molar-refractivity contribution in [3.63, 3.8) is 0 Å². The highest BCUT2D eigenvalue weighted by Crippen LogP contribution is 2.49. The molecule has 4 nitrogen and oxygen atoms in total. The maximum absolute atomic E-state index is 10.4. The molecule has 0 amide bonds. The van der Waals surface area contributed by atoms with Crippen molar-refractivity contribution in [1.82, 2.24) is 10.3 Å². The standard InChI is InChI=1S/C26H34N2O2/c29-23-11-10-22(20-7-1-2-8-21(20)23)27-17-14-25(24-9-3-6-16-28-24)15-18-30-26(19-25)12-4-5-13-26/h1-3,6-9,16,22-23,27,29H,4-5,10-15,17-19H2/t22-,23+,25?/m0/s1. The summed E-state index contributed by atoms with van der Waals surface area (Å²) >= 11 is 0. The van der Waals surface area contributed by atoms with Gasteiger partial charge in [0, 0.05) is 30.0 Å². The third kappa shape index (κ3) is 3.81. The minimum absolute atomic E-state index is 0.0668. The number of nitrogens with one attached hydrogen (secondary N) is 1. The van der Waals surface area contributed by atoms with Crippen molar-refractivity contribution in [1.29, 1.82) is 0 Å². The zero-order valence-corrected chi connectivity index (χ0v) is 17.9. The fraction of sp³-hybridized carbons (Fsp3) is 0.577. The van der Waals surface area contributed by atoms with Gasteiger partial charge in [-0.15, -0.1) is 0 Å². The summed E-state index contributed by atoms with van der Waals surface area (Å²) in [6.45, 7) is 1.80. The van der Waals surface area contributed by atoms with E-state index in [-0.39, 0.29) is 17.1 Å². The Kier molecular flexibility index (Phi) is 5.65. The van der Waals surface area contributed by atoms with Gasteiger partial charge >= 0.3 is 0 Å². The van der Waals surface area contributed by atoms with Gasteiger partial charge in [0.2, 0.25) is 0 Å². The largest absolute Gasteiger partial charge is 0.388 e. The van der Waals surface area contributed by atoms with Crippen LogP contribution in [-0.2, 0) is 10.2 Å². The van der Waals surface area contributed by atoms with Crippen LogP contribution in [0.1, 0.15) is 86.8 Å². The molecule has 4 heteroatoms. The minimum Gasteiger partial charge on any atom is -0.388 e. The van der Waals surface area contributed by atoms with E-state index in [1.807, 2.05) is 18.3 Å². The van der Waals surface area contributed by atoms with E-state index in [1.165, 1.54) is 36.9 Å². The number of aromatic nitrogens is 1. The molecule has 1 aromatic heterocycles. The number of hydrogen-bond acceptors (Lipinski definition) is 4.